The first-order valence-corrected chi connectivity index (χ1v) is 8.24. The zero-order valence-electron chi connectivity index (χ0n) is 14.5. The molecule has 0 aliphatic carbocycles. The van der Waals surface area contributed by atoms with Gasteiger partial charge in [-0.05, 0) is 47.1 Å². The molecule has 0 aromatic carbocycles. The summed E-state index contributed by atoms with van der Waals surface area (Å²) in [4.78, 5) is 16.2. The molecule has 1 saturated heterocycles. The number of nitrogens with zero attached hydrogens (tertiary/aromatic N) is 5. The molecule has 1 amide bonds. The normalized spacial score (nSPS) is 19.7. The van der Waals surface area contributed by atoms with Gasteiger partial charge in [0.15, 0.2) is 0 Å². The summed E-state index contributed by atoms with van der Waals surface area (Å²) in [7, 11) is 2.12. The molecule has 1 aromatic rings. The van der Waals surface area contributed by atoms with Gasteiger partial charge in [0, 0.05) is 31.6 Å². The van der Waals surface area contributed by atoms with Crippen LogP contribution in [-0.4, -0.2) is 56.7 Å². The molecule has 6 nitrogen and oxygen atoms in total. The van der Waals surface area contributed by atoms with E-state index in [1.807, 2.05) is 4.90 Å². The number of likely N-dealkylation sites (tertiary alicyclic amines) is 1. The molecule has 124 valence electrons. The number of hydrogen-bond donors (Lipinski definition) is 0. The molecule has 22 heavy (non-hydrogen) atoms. The SMILES string of the molecule is CC(C)N1CC(CN(C)Cc2nncn2C(C)C)CCC1=O. The third-order valence-electron chi connectivity index (χ3n) is 4.35. The van der Waals surface area contributed by atoms with Crippen molar-refractivity contribution in [3.63, 3.8) is 0 Å². The molecule has 0 bridgehead atoms. The molecule has 2 rings (SSSR count). The molecular formula is C16H29N5O. The Hall–Kier alpha value is -1.43. The molecule has 1 unspecified atom stereocenters. The summed E-state index contributed by atoms with van der Waals surface area (Å²) >= 11 is 0. The molecule has 0 radical (unpaired) electrons. The van der Waals surface area contributed by atoms with E-state index in [1.54, 1.807) is 6.33 Å². The lowest BCUT2D eigenvalue weighted by molar-refractivity contribution is -0.136. The van der Waals surface area contributed by atoms with Crippen molar-refractivity contribution in [1.29, 1.82) is 0 Å². The van der Waals surface area contributed by atoms with Crippen molar-refractivity contribution >= 4 is 5.91 Å². The van der Waals surface area contributed by atoms with Crippen molar-refractivity contribution in [3.05, 3.63) is 12.2 Å². The van der Waals surface area contributed by atoms with Crippen LogP contribution in [0.2, 0.25) is 0 Å². The van der Waals surface area contributed by atoms with Crippen molar-refractivity contribution in [1.82, 2.24) is 24.6 Å². The lowest BCUT2D eigenvalue weighted by Gasteiger charge is -2.37. The Morgan fingerprint density at radius 1 is 1.32 bits per heavy atom. The van der Waals surface area contributed by atoms with Crippen molar-refractivity contribution in [2.45, 2.75) is 59.2 Å². The standard InChI is InChI=1S/C16H29N5O/c1-12(2)20-9-14(6-7-16(20)22)8-19(5)10-15-18-17-11-21(15)13(3)4/h11-14H,6-10H2,1-5H3. The van der Waals surface area contributed by atoms with Crippen LogP contribution < -0.4 is 0 Å². The van der Waals surface area contributed by atoms with Gasteiger partial charge in [0.05, 0.1) is 6.54 Å². The Morgan fingerprint density at radius 2 is 2.05 bits per heavy atom. The number of aromatic nitrogens is 3. The Bertz CT molecular complexity index is 496. The quantitative estimate of drug-likeness (QED) is 0.806. The minimum absolute atomic E-state index is 0.296. The number of piperidine rings is 1. The van der Waals surface area contributed by atoms with E-state index in [2.05, 4.69) is 54.4 Å². The molecule has 1 aliphatic heterocycles. The van der Waals surface area contributed by atoms with E-state index >= 15 is 0 Å². The maximum Gasteiger partial charge on any atom is 0.222 e. The van der Waals surface area contributed by atoms with E-state index in [0.717, 1.165) is 31.9 Å². The van der Waals surface area contributed by atoms with Crippen LogP contribution in [0.4, 0.5) is 0 Å². The second kappa shape index (κ2) is 7.22. The first-order valence-electron chi connectivity index (χ1n) is 8.24. The fourth-order valence-corrected chi connectivity index (χ4v) is 3.15. The molecule has 0 saturated carbocycles. The molecule has 1 atom stereocenters. The van der Waals surface area contributed by atoms with Crippen LogP contribution in [0.5, 0.6) is 0 Å². The Balaban J connectivity index is 1.90. The summed E-state index contributed by atoms with van der Waals surface area (Å²) in [5.74, 6) is 1.85. The van der Waals surface area contributed by atoms with E-state index in [9.17, 15) is 4.79 Å². The van der Waals surface area contributed by atoms with Crippen LogP contribution in [0, 0.1) is 5.92 Å². The average Bonchev–Trinajstić information content (AvgIpc) is 2.88. The van der Waals surface area contributed by atoms with Gasteiger partial charge in [-0.25, -0.2) is 0 Å². The first kappa shape index (κ1) is 16.9. The fraction of sp³-hybridized carbons (Fsp3) is 0.812. The van der Waals surface area contributed by atoms with Crippen LogP contribution in [0.25, 0.3) is 0 Å². The third kappa shape index (κ3) is 4.06. The summed E-state index contributed by atoms with van der Waals surface area (Å²) in [6, 6.07) is 0.673. The topological polar surface area (TPSA) is 54.3 Å². The Morgan fingerprint density at radius 3 is 2.68 bits per heavy atom. The van der Waals surface area contributed by atoms with Gasteiger partial charge in [0.25, 0.3) is 0 Å². The molecule has 0 N–H and O–H groups in total. The Labute approximate surface area is 133 Å². The highest BCUT2D eigenvalue weighted by molar-refractivity contribution is 5.77. The number of rotatable bonds is 6. The highest BCUT2D eigenvalue weighted by Crippen LogP contribution is 2.21. The smallest absolute Gasteiger partial charge is 0.222 e. The van der Waals surface area contributed by atoms with Crippen LogP contribution in [0.3, 0.4) is 0 Å². The number of carbonyl (C=O) groups excluding carboxylic acids is 1. The van der Waals surface area contributed by atoms with Gasteiger partial charge < -0.3 is 9.47 Å². The molecule has 2 heterocycles. The monoisotopic (exact) mass is 307 g/mol. The van der Waals surface area contributed by atoms with Gasteiger partial charge >= 0.3 is 0 Å². The number of carbonyl (C=O) groups is 1. The van der Waals surface area contributed by atoms with Gasteiger partial charge in [-0.15, -0.1) is 10.2 Å². The molecule has 0 spiro atoms. The molecule has 6 heteroatoms. The largest absolute Gasteiger partial charge is 0.340 e. The zero-order chi connectivity index (χ0) is 16.3. The maximum absolute atomic E-state index is 11.9. The van der Waals surface area contributed by atoms with Gasteiger partial charge in [-0.2, -0.15) is 0 Å². The van der Waals surface area contributed by atoms with Gasteiger partial charge in [0.2, 0.25) is 5.91 Å². The molecule has 1 aromatic heterocycles. The summed E-state index contributed by atoms with van der Waals surface area (Å²) in [5.41, 5.74) is 0. The van der Waals surface area contributed by atoms with E-state index in [1.165, 1.54) is 0 Å². The van der Waals surface area contributed by atoms with Crippen molar-refractivity contribution in [2.75, 3.05) is 20.1 Å². The predicted molar refractivity (Wildman–Crippen MR) is 86.3 cm³/mol. The average molecular weight is 307 g/mol. The van der Waals surface area contributed by atoms with E-state index in [0.29, 0.717) is 30.3 Å². The first-order chi connectivity index (χ1) is 10.4. The summed E-state index contributed by atoms with van der Waals surface area (Å²) in [6.07, 6.45) is 3.47. The number of hydrogen-bond acceptors (Lipinski definition) is 4. The molecular weight excluding hydrogens is 278 g/mol. The van der Waals surface area contributed by atoms with E-state index < -0.39 is 0 Å². The van der Waals surface area contributed by atoms with E-state index in [-0.39, 0.29) is 0 Å². The lowest BCUT2D eigenvalue weighted by atomic mass is 9.96. The summed E-state index contributed by atoms with van der Waals surface area (Å²) < 4.78 is 2.11. The molecule has 1 fully saturated rings. The van der Waals surface area contributed by atoms with Gasteiger partial charge in [-0.1, -0.05) is 0 Å². The van der Waals surface area contributed by atoms with Crippen LogP contribution >= 0.6 is 0 Å². The maximum atomic E-state index is 11.9. The van der Waals surface area contributed by atoms with Crippen LogP contribution in [0.15, 0.2) is 6.33 Å². The lowest BCUT2D eigenvalue weighted by Crippen LogP contribution is -2.46. The second-order valence-electron chi connectivity index (χ2n) is 6.99. The van der Waals surface area contributed by atoms with E-state index in [4.69, 9.17) is 0 Å². The third-order valence-corrected chi connectivity index (χ3v) is 4.35. The fourth-order valence-electron chi connectivity index (χ4n) is 3.15. The minimum atomic E-state index is 0.296. The summed E-state index contributed by atoms with van der Waals surface area (Å²) in [5, 5.41) is 8.25. The molecule has 1 aliphatic rings. The summed E-state index contributed by atoms with van der Waals surface area (Å²) in [6.45, 7) is 11.1. The highest BCUT2D eigenvalue weighted by atomic mass is 16.2. The predicted octanol–water partition coefficient (Wildman–Crippen LogP) is 1.94. The minimum Gasteiger partial charge on any atom is -0.340 e. The van der Waals surface area contributed by atoms with Crippen LogP contribution in [0.1, 0.15) is 52.4 Å². The van der Waals surface area contributed by atoms with Crippen molar-refractivity contribution < 1.29 is 4.79 Å². The van der Waals surface area contributed by atoms with Crippen molar-refractivity contribution in [3.8, 4) is 0 Å². The van der Waals surface area contributed by atoms with Crippen molar-refractivity contribution in [2.24, 2.45) is 5.92 Å². The second-order valence-corrected chi connectivity index (χ2v) is 6.99. The van der Waals surface area contributed by atoms with Crippen LogP contribution in [-0.2, 0) is 11.3 Å². The number of amides is 1. The highest BCUT2D eigenvalue weighted by Gasteiger charge is 2.28. The van der Waals surface area contributed by atoms with Gasteiger partial charge in [-0.3, -0.25) is 9.69 Å². The van der Waals surface area contributed by atoms with Gasteiger partial charge in [0.1, 0.15) is 12.2 Å². The Kier molecular flexibility index (Phi) is 5.56. The zero-order valence-corrected chi connectivity index (χ0v) is 14.5.